The van der Waals surface area contributed by atoms with Gasteiger partial charge in [0.2, 0.25) is 5.91 Å². The van der Waals surface area contributed by atoms with Crippen LogP contribution in [0.25, 0.3) is 0 Å². The number of rotatable bonds is 8. The minimum absolute atomic E-state index is 0.173. The van der Waals surface area contributed by atoms with Crippen LogP contribution in [0.5, 0.6) is 0 Å². The maximum Gasteiger partial charge on any atom is 0.224 e. The number of aromatic nitrogens is 3. The van der Waals surface area contributed by atoms with Crippen molar-refractivity contribution in [3.8, 4) is 0 Å². The maximum atomic E-state index is 12.5. The van der Waals surface area contributed by atoms with Crippen molar-refractivity contribution >= 4 is 17.7 Å². The molecule has 1 aliphatic rings. The summed E-state index contributed by atoms with van der Waals surface area (Å²) in [6.45, 7) is 5.32. The van der Waals surface area contributed by atoms with Gasteiger partial charge in [0.1, 0.15) is 5.82 Å². The normalized spacial score (nSPS) is 14.7. The molecule has 0 saturated carbocycles. The number of piperazine rings is 1. The number of hydrogen-bond donors (Lipinski definition) is 2. The fraction of sp³-hybridized carbons (Fsp3) is 0.500. The zero-order chi connectivity index (χ0) is 20.3. The molecule has 0 radical (unpaired) electrons. The van der Waals surface area contributed by atoms with E-state index >= 15 is 0 Å². The van der Waals surface area contributed by atoms with Gasteiger partial charge in [-0.25, -0.2) is 4.98 Å². The van der Waals surface area contributed by atoms with Gasteiger partial charge in [-0.3, -0.25) is 14.5 Å². The molecular weight excluding hydrogens is 368 g/mol. The highest BCUT2D eigenvalue weighted by Gasteiger charge is 2.21. The van der Waals surface area contributed by atoms with Gasteiger partial charge in [-0.15, -0.1) is 0 Å². The van der Waals surface area contributed by atoms with Crippen molar-refractivity contribution in [2.24, 2.45) is 4.99 Å². The minimum atomic E-state index is 0.173. The third kappa shape index (κ3) is 6.48. The Kier molecular flexibility index (Phi) is 7.85. The molecule has 2 aromatic rings. The van der Waals surface area contributed by atoms with Gasteiger partial charge in [0.15, 0.2) is 5.96 Å². The number of hydrogen-bond acceptors (Lipinski definition) is 5. The van der Waals surface area contributed by atoms with E-state index in [4.69, 9.17) is 0 Å². The van der Waals surface area contributed by atoms with Crippen LogP contribution < -0.4 is 15.5 Å². The van der Waals surface area contributed by atoms with E-state index in [1.807, 2.05) is 40.0 Å². The van der Waals surface area contributed by atoms with E-state index < -0.39 is 0 Å². The molecule has 9 heteroatoms. The topological polar surface area (TPSA) is 90.7 Å². The van der Waals surface area contributed by atoms with Crippen molar-refractivity contribution < 1.29 is 4.79 Å². The van der Waals surface area contributed by atoms with Crippen molar-refractivity contribution in [2.75, 3.05) is 51.2 Å². The number of nitrogens with zero attached hydrogens (tertiary/aromatic N) is 6. The van der Waals surface area contributed by atoms with Crippen LogP contribution in [-0.4, -0.2) is 77.8 Å². The van der Waals surface area contributed by atoms with E-state index in [9.17, 15) is 4.79 Å². The standard InChI is InChI=1S/C20H30N8O/c1-21-20(23-9-4-12-28-13-5-10-25-28)24-11-7-19(29)27-16-14-26(15-17-27)18-6-2-3-8-22-18/h2-3,5-6,8,10,13H,4,7,9,11-12,14-17H2,1H3,(H2,21,23,24). The number of amides is 1. The van der Waals surface area contributed by atoms with E-state index in [1.54, 1.807) is 19.4 Å². The first-order chi connectivity index (χ1) is 14.3. The van der Waals surface area contributed by atoms with Crippen molar-refractivity contribution in [3.05, 3.63) is 42.9 Å². The first-order valence-corrected chi connectivity index (χ1v) is 10.1. The molecule has 0 bridgehead atoms. The molecule has 2 aromatic heterocycles. The molecule has 1 aliphatic heterocycles. The van der Waals surface area contributed by atoms with Crippen LogP contribution in [0.2, 0.25) is 0 Å². The Morgan fingerprint density at radius 1 is 1.10 bits per heavy atom. The molecule has 0 aromatic carbocycles. The molecular formula is C20H30N8O. The van der Waals surface area contributed by atoms with Crippen molar-refractivity contribution in [1.82, 2.24) is 30.3 Å². The third-order valence-corrected chi connectivity index (χ3v) is 4.88. The summed E-state index contributed by atoms with van der Waals surface area (Å²) in [5.41, 5.74) is 0. The van der Waals surface area contributed by atoms with E-state index in [2.05, 4.69) is 30.6 Å². The number of carbonyl (C=O) groups excluding carboxylic acids is 1. The van der Waals surface area contributed by atoms with Crippen LogP contribution >= 0.6 is 0 Å². The van der Waals surface area contributed by atoms with E-state index in [1.165, 1.54) is 0 Å². The molecule has 29 heavy (non-hydrogen) atoms. The molecule has 0 atom stereocenters. The molecule has 9 nitrogen and oxygen atoms in total. The molecule has 1 fully saturated rings. The quantitative estimate of drug-likeness (QED) is 0.384. The zero-order valence-corrected chi connectivity index (χ0v) is 17.0. The largest absolute Gasteiger partial charge is 0.356 e. The molecule has 2 N–H and O–H groups in total. The van der Waals surface area contributed by atoms with Crippen LogP contribution in [0.3, 0.4) is 0 Å². The Hall–Kier alpha value is -3.10. The summed E-state index contributed by atoms with van der Waals surface area (Å²) in [6, 6.07) is 7.83. The Labute approximate surface area is 171 Å². The highest BCUT2D eigenvalue weighted by molar-refractivity contribution is 5.81. The molecule has 0 spiro atoms. The Bertz CT molecular complexity index is 754. The number of guanidine groups is 1. The first kappa shape index (κ1) is 20.6. The molecule has 1 saturated heterocycles. The van der Waals surface area contributed by atoms with Gasteiger partial charge < -0.3 is 20.4 Å². The van der Waals surface area contributed by atoms with Gasteiger partial charge in [-0.1, -0.05) is 6.07 Å². The Morgan fingerprint density at radius 3 is 2.62 bits per heavy atom. The van der Waals surface area contributed by atoms with E-state index in [0.717, 1.165) is 57.5 Å². The average molecular weight is 399 g/mol. The number of aryl methyl sites for hydroxylation is 1. The summed E-state index contributed by atoms with van der Waals surface area (Å²) in [5.74, 6) is 1.87. The second-order valence-electron chi connectivity index (χ2n) is 6.85. The van der Waals surface area contributed by atoms with Crippen LogP contribution in [0.1, 0.15) is 12.8 Å². The fourth-order valence-corrected chi connectivity index (χ4v) is 3.27. The maximum absolute atomic E-state index is 12.5. The lowest BCUT2D eigenvalue weighted by Gasteiger charge is -2.35. The number of nitrogens with one attached hydrogen (secondary N) is 2. The average Bonchev–Trinajstić information content (AvgIpc) is 3.29. The lowest BCUT2D eigenvalue weighted by atomic mass is 10.2. The van der Waals surface area contributed by atoms with Crippen molar-refractivity contribution in [2.45, 2.75) is 19.4 Å². The number of aliphatic imine (C=N–C) groups is 1. The zero-order valence-electron chi connectivity index (χ0n) is 17.0. The summed E-state index contributed by atoms with van der Waals surface area (Å²) in [7, 11) is 1.74. The predicted molar refractivity (Wildman–Crippen MR) is 114 cm³/mol. The molecule has 3 rings (SSSR count). The van der Waals surface area contributed by atoms with Gasteiger partial charge in [0.05, 0.1) is 0 Å². The van der Waals surface area contributed by atoms with Crippen LogP contribution in [0.4, 0.5) is 5.82 Å². The SMILES string of the molecule is CN=C(NCCCn1cccn1)NCCC(=O)N1CCN(c2ccccn2)CC1. The summed E-state index contributed by atoms with van der Waals surface area (Å²) in [5, 5.41) is 10.7. The Balaban J connectivity index is 1.29. The molecule has 156 valence electrons. The van der Waals surface area contributed by atoms with Gasteiger partial charge in [0, 0.05) is 77.9 Å². The summed E-state index contributed by atoms with van der Waals surface area (Å²) in [4.78, 5) is 25.2. The highest BCUT2D eigenvalue weighted by Crippen LogP contribution is 2.12. The van der Waals surface area contributed by atoms with Crippen LogP contribution in [0, 0.1) is 0 Å². The molecule has 0 unspecified atom stereocenters. The van der Waals surface area contributed by atoms with Gasteiger partial charge in [0.25, 0.3) is 0 Å². The minimum Gasteiger partial charge on any atom is -0.356 e. The lowest BCUT2D eigenvalue weighted by Crippen LogP contribution is -2.49. The second kappa shape index (κ2) is 11.0. The summed E-state index contributed by atoms with van der Waals surface area (Å²) in [6.07, 6.45) is 6.94. The predicted octanol–water partition coefficient (Wildman–Crippen LogP) is 0.572. The summed E-state index contributed by atoms with van der Waals surface area (Å²) >= 11 is 0. The second-order valence-corrected chi connectivity index (χ2v) is 6.85. The summed E-state index contributed by atoms with van der Waals surface area (Å²) < 4.78 is 1.91. The van der Waals surface area contributed by atoms with E-state index in [0.29, 0.717) is 13.0 Å². The number of anilines is 1. The molecule has 1 amide bonds. The number of pyridine rings is 1. The molecule has 0 aliphatic carbocycles. The van der Waals surface area contributed by atoms with Crippen LogP contribution in [0.15, 0.2) is 47.8 Å². The monoisotopic (exact) mass is 398 g/mol. The fourth-order valence-electron chi connectivity index (χ4n) is 3.27. The van der Waals surface area contributed by atoms with Gasteiger partial charge in [-0.2, -0.15) is 5.10 Å². The van der Waals surface area contributed by atoms with E-state index in [-0.39, 0.29) is 5.91 Å². The highest BCUT2D eigenvalue weighted by atomic mass is 16.2. The van der Waals surface area contributed by atoms with Gasteiger partial charge >= 0.3 is 0 Å². The van der Waals surface area contributed by atoms with Crippen LogP contribution in [-0.2, 0) is 11.3 Å². The first-order valence-electron chi connectivity index (χ1n) is 10.1. The number of carbonyl (C=O) groups is 1. The van der Waals surface area contributed by atoms with Gasteiger partial charge in [-0.05, 0) is 24.6 Å². The third-order valence-electron chi connectivity index (χ3n) is 4.88. The Morgan fingerprint density at radius 2 is 1.93 bits per heavy atom. The van der Waals surface area contributed by atoms with Crippen molar-refractivity contribution in [1.29, 1.82) is 0 Å². The smallest absolute Gasteiger partial charge is 0.224 e. The molecule has 3 heterocycles. The van der Waals surface area contributed by atoms with Crippen molar-refractivity contribution in [3.63, 3.8) is 0 Å². The lowest BCUT2D eigenvalue weighted by molar-refractivity contribution is -0.131.